The summed E-state index contributed by atoms with van der Waals surface area (Å²) in [6.07, 6.45) is 0. The van der Waals surface area contributed by atoms with Crippen LogP contribution >= 0.6 is 0 Å². The summed E-state index contributed by atoms with van der Waals surface area (Å²) < 4.78 is 1.66. The van der Waals surface area contributed by atoms with E-state index in [4.69, 9.17) is 0 Å². The Morgan fingerprint density at radius 2 is 1.74 bits per heavy atom. The van der Waals surface area contributed by atoms with Gasteiger partial charge in [0.15, 0.2) is 5.65 Å². The van der Waals surface area contributed by atoms with Crippen LogP contribution in [0.5, 0.6) is 0 Å². The first kappa shape index (κ1) is 15.0. The monoisotopic (exact) mass is 311 g/mol. The van der Waals surface area contributed by atoms with Gasteiger partial charge in [0.05, 0.1) is 17.1 Å². The quantitative estimate of drug-likeness (QED) is 0.773. The lowest BCUT2D eigenvalue weighted by Gasteiger charge is -2.05. The van der Waals surface area contributed by atoms with Crippen molar-refractivity contribution >= 4 is 17.5 Å². The number of hydrogen-bond acceptors (Lipinski definition) is 6. The maximum atomic E-state index is 12.6. The predicted octanol–water partition coefficient (Wildman–Crippen LogP) is 1.71. The largest absolute Gasteiger partial charge is 0.289 e. The molecule has 0 bridgehead atoms. The molecule has 0 spiro atoms. The van der Waals surface area contributed by atoms with Gasteiger partial charge in [0.2, 0.25) is 5.95 Å². The lowest BCUT2D eigenvalue weighted by Crippen LogP contribution is -2.16. The fourth-order valence-corrected chi connectivity index (χ4v) is 2.37. The zero-order chi connectivity index (χ0) is 16.7. The van der Waals surface area contributed by atoms with Gasteiger partial charge >= 0.3 is 0 Å². The molecule has 8 heteroatoms. The highest BCUT2D eigenvalue weighted by Crippen LogP contribution is 2.17. The van der Waals surface area contributed by atoms with Crippen LogP contribution < -0.4 is 5.32 Å². The molecule has 0 aromatic carbocycles. The number of nitrogens with one attached hydrogen (secondary N) is 1. The van der Waals surface area contributed by atoms with Crippen molar-refractivity contribution in [2.24, 2.45) is 0 Å². The van der Waals surface area contributed by atoms with E-state index in [2.05, 4.69) is 30.6 Å². The Balaban J connectivity index is 2.04. The second-order valence-electron chi connectivity index (χ2n) is 5.50. The molecule has 1 amide bonds. The average molecular weight is 311 g/mol. The van der Waals surface area contributed by atoms with E-state index in [-0.39, 0.29) is 11.9 Å². The van der Waals surface area contributed by atoms with Gasteiger partial charge in [-0.1, -0.05) is 0 Å². The minimum absolute atomic E-state index is 0.168. The number of carbonyl (C=O) groups excluding carboxylic acids is 1. The fraction of sp³-hybridized carbons (Fsp3) is 0.333. The van der Waals surface area contributed by atoms with Gasteiger partial charge in [-0.25, -0.2) is 14.5 Å². The summed E-state index contributed by atoms with van der Waals surface area (Å²) in [5.41, 5.74) is 4.72. The Morgan fingerprint density at radius 1 is 1.00 bits per heavy atom. The van der Waals surface area contributed by atoms with Gasteiger partial charge in [0, 0.05) is 11.4 Å². The Hall–Kier alpha value is -2.90. The van der Waals surface area contributed by atoms with Crippen LogP contribution in [0.1, 0.15) is 38.8 Å². The molecule has 0 aliphatic rings. The second-order valence-corrected chi connectivity index (χ2v) is 5.50. The number of carbonyl (C=O) groups is 1. The van der Waals surface area contributed by atoms with Crippen molar-refractivity contribution < 1.29 is 4.79 Å². The topological polar surface area (TPSA) is 98.0 Å². The Bertz CT molecular complexity index is 929. The highest BCUT2D eigenvalue weighted by molar-refractivity contribution is 6.08. The molecule has 0 aliphatic carbocycles. The number of hydrogen-bond donors (Lipinski definition) is 1. The summed E-state index contributed by atoms with van der Waals surface area (Å²) in [4.78, 5) is 21.3. The van der Waals surface area contributed by atoms with E-state index < -0.39 is 0 Å². The standard InChI is InChI=1S/C15H17N7O/c1-7-6-8(2)22-13(16-7)12(11(5)21-22)14(23)18-15-17-9(3)10(4)19-20-15/h6H,1-5H3,(H,17,18,20,23). The van der Waals surface area contributed by atoms with Crippen molar-refractivity contribution in [3.8, 4) is 0 Å². The van der Waals surface area contributed by atoms with E-state index in [1.54, 1.807) is 11.4 Å². The molecule has 8 nitrogen and oxygen atoms in total. The van der Waals surface area contributed by atoms with Crippen LogP contribution in [0.2, 0.25) is 0 Å². The van der Waals surface area contributed by atoms with Gasteiger partial charge in [-0.3, -0.25) is 10.1 Å². The molecule has 0 saturated heterocycles. The molecule has 0 atom stereocenters. The summed E-state index contributed by atoms with van der Waals surface area (Å²) in [6.45, 7) is 9.21. The summed E-state index contributed by atoms with van der Waals surface area (Å²) in [5, 5.41) is 14.9. The third-order valence-electron chi connectivity index (χ3n) is 3.61. The molecule has 23 heavy (non-hydrogen) atoms. The van der Waals surface area contributed by atoms with Crippen molar-refractivity contribution in [3.05, 3.63) is 40.1 Å². The van der Waals surface area contributed by atoms with Crippen LogP contribution in [0.4, 0.5) is 5.95 Å². The van der Waals surface area contributed by atoms with Crippen LogP contribution in [0.15, 0.2) is 6.07 Å². The van der Waals surface area contributed by atoms with Crippen LogP contribution in [0.3, 0.4) is 0 Å². The van der Waals surface area contributed by atoms with Crippen molar-refractivity contribution in [3.63, 3.8) is 0 Å². The minimum atomic E-state index is -0.347. The minimum Gasteiger partial charge on any atom is -0.289 e. The van der Waals surface area contributed by atoms with Gasteiger partial charge in [0.1, 0.15) is 5.56 Å². The lowest BCUT2D eigenvalue weighted by molar-refractivity contribution is 0.102. The number of nitrogens with zero attached hydrogens (tertiary/aromatic N) is 6. The van der Waals surface area contributed by atoms with Crippen LogP contribution in [-0.4, -0.2) is 35.7 Å². The number of fused-ring (bicyclic) bond motifs is 1. The average Bonchev–Trinajstić information content (AvgIpc) is 2.79. The highest BCUT2D eigenvalue weighted by Gasteiger charge is 2.20. The molecular formula is C15H17N7O. The van der Waals surface area contributed by atoms with Crippen molar-refractivity contribution in [2.75, 3.05) is 5.32 Å². The summed E-state index contributed by atoms with van der Waals surface area (Å²) in [5.74, 6) is -0.179. The SMILES string of the molecule is Cc1cc(C)n2nc(C)c(C(=O)Nc3nnc(C)c(C)n3)c2n1. The van der Waals surface area contributed by atoms with Gasteiger partial charge in [-0.15, -0.1) is 5.10 Å². The Kier molecular flexibility index (Phi) is 3.51. The molecule has 0 unspecified atom stereocenters. The molecule has 3 rings (SSSR count). The first-order valence-electron chi connectivity index (χ1n) is 7.19. The summed E-state index contributed by atoms with van der Waals surface area (Å²) in [7, 11) is 0. The zero-order valence-electron chi connectivity index (χ0n) is 13.7. The molecule has 3 heterocycles. The third-order valence-corrected chi connectivity index (χ3v) is 3.61. The summed E-state index contributed by atoms with van der Waals surface area (Å²) in [6, 6.07) is 1.91. The van der Waals surface area contributed by atoms with Crippen LogP contribution in [0.25, 0.3) is 5.65 Å². The normalized spacial score (nSPS) is 11.0. The molecule has 1 N–H and O–H groups in total. The van der Waals surface area contributed by atoms with Gasteiger partial charge < -0.3 is 0 Å². The van der Waals surface area contributed by atoms with Gasteiger partial charge in [0.25, 0.3) is 5.91 Å². The second kappa shape index (κ2) is 5.38. The molecule has 3 aromatic heterocycles. The predicted molar refractivity (Wildman–Crippen MR) is 84.5 cm³/mol. The zero-order valence-corrected chi connectivity index (χ0v) is 13.7. The van der Waals surface area contributed by atoms with Crippen LogP contribution in [-0.2, 0) is 0 Å². The van der Waals surface area contributed by atoms with E-state index in [1.807, 2.05) is 33.8 Å². The molecule has 0 saturated carbocycles. The van der Waals surface area contributed by atoms with E-state index in [1.165, 1.54) is 0 Å². The number of anilines is 1. The smallest absolute Gasteiger partial charge is 0.263 e. The molecule has 0 fully saturated rings. The first-order valence-corrected chi connectivity index (χ1v) is 7.19. The van der Waals surface area contributed by atoms with E-state index >= 15 is 0 Å². The van der Waals surface area contributed by atoms with E-state index in [0.717, 1.165) is 22.8 Å². The molecule has 3 aromatic rings. The van der Waals surface area contributed by atoms with E-state index in [0.29, 0.717) is 16.9 Å². The van der Waals surface area contributed by atoms with Gasteiger partial charge in [-0.05, 0) is 40.7 Å². The molecule has 118 valence electrons. The van der Waals surface area contributed by atoms with E-state index in [9.17, 15) is 4.79 Å². The summed E-state index contributed by atoms with van der Waals surface area (Å²) >= 11 is 0. The third kappa shape index (κ3) is 2.63. The van der Waals surface area contributed by atoms with Crippen molar-refractivity contribution in [1.29, 1.82) is 0 Å². The maximum Gasteiger partial charge on any atom is 0.263 e. The highest BCUT2D eigenvalue weighted by atomic mass is 16.1. The number of amides is 1. The van der Waals surface area contributed by atoms with Crippen LogP contribution in [0, 0.1) is 34.6 Å². The maximum absolute atomic E-state index is 12.6. The molecule has 0 aliphatic heterocycles. The number of rotatable bonds is 2. The first-order chi connectivity index (χ1) is 10.9. The fourth-order valence-electron chi connectivity index (χ4n) is 2.37. The van der Waals surface area contributed by atoms with Crippen molar-refractivity contribution in [1.82, 2.24) is 29.8 Å². The lowest BCUT2D eigenvalue weighted by atomic mass is 10.2. The number of aryl methyl sites for hydroxylation is 5. The Morgan fingerprint density at radius 3 is 2.43 bits per heavy atom. The van der Waals surface area contributed by atoms with Crippen molar-refractivity contribution in [2.45, 2.75) is 34.6 Å². The molecular weight excluding hydrogens is 294 g/mol. The molecule has 0 radical (unpaired) electrons. The Labute approximate surface area is 133 Å². The van der Waals surface area contributed by atoms with Gasteiger partial charge in [-0.2, -0.15) is 10.2 Å². The number of aromatic nitrogens is 6.